The summed E-state index contributed by atoms with van der Waals surface area (Å²) in [6.07, 6.45) is 10.4. The van der Waals surface area contributed by atoms with Crippen LogP contribution in [-0.2, 0) is 12.8 Å². The summed E-state index contributed by atoms with van der Waals surface area (Å²) in [7, 11) is 1.82. The molecule has 1 heteroatoms. The standard InChI is InChI=1S/C24H32O/c1-5-6-7-8-9-10-14-20-17(2)18(3)24(25-4)23-21-15-12-11-13-19(21)16-22(20)23/h11-13,15H,5-10,14,16H2,1-4H3. The average Bonchev–Trinajstić information content (AvgIpc) is 3.00. The van der Waals surface area contributed by atoms with Crippen molar-refractivity contribution in [3.05, 3.63) is 52.1 Å². The Morgan fingerprint density at radius 1 is 0.920 bits per heavy atom. The van der Waals surface area contributed by atoms with E-state index in [-0.39, 0.29) is 0 Å². The number of methoxy groups -OCH3 is 1. The number of hydrogen-bond acceptors (Lipinski definition) is 1. The van der Waals surface area contributed by atoms with Crippen molar-refractivity contribution in [2.45, 2.75) is 72.1 Å². The van der Waals surface area contributed by atoms with E-state index in [1.54, 1.807) is 5.56 Å². The van der Waals surface area contributed by atoms with Gasteiger partial charge in [0.2, 0.25) is 0 Å². The van der Waals surface area contributed by atoms with E-state index in [0.717, 1.165) is 12.2 Å². The van der Waals surface area contributed by atoms with Gasteiger partial charge in [-0.2, -0.15) is 0 Å². The molecular weight excluding hydrogens is 304 g/mol. The monoisotopic (exact) mass is 336 g/mol. The lowest BCUT2D eigenvalue weighted by atomic mass is 9.88. The summed E-state index contributed by atoms with van der Waals surface area (Å²) in [6, 6.07) is 8.83. The zero-order valence-corrected chi connectivity index (χ0v) is 16.4. The van der Waals surface area contributed by atoms with Gasteiger partial charge < -0.3 is 4.74 Å². The summed E-state index contributed by atoms with van der Waals surface area (Å²) in [6.45, 7) is 6.79. The van der Waals surface area contributed by atoms with Gasteiger partial charge in [-0.3, -0.25) is 0 Å². The summed E-state index contributed by atoms with van der Waals surface area (Å²) in [5.74, 6) is 1.09. The highest BCUT2D eigenvalue weighted by Crippen LogP contribution is 2.47. The van der Waals surface area contributed by atoms with Crippen molar-refractivity contribution in [2.24, 2.45) is 0 Å². The molecule has 25 heavy (non-hydrogen) atoms. The predicted octanol–water partition coefficient (Wildman–Crippen LogP) is 6.79. The molecule has 0 spiro atoms. The quantitative estimate of drug-likeness (QED) is 0.412. The summed E-state index contributed by atoms with van der Waals surface area (Å²) in [5.41, 5.74) is 10.1. The number of benzene rings is 2. The van der Waals surface area contributed by atoms with Crippen LogP contribution >= 0.6 is 0 Å². The van der Waals surface area contributed by atoms with Gasteiger partial charge in [0.05, 0.1) is 7.11 Å². The van der Waals surface area contributed by atoms with Crippen LogP contribution < -0.4 is 4.74 Å². The van der Waals surface area contributed by atoms with Crippen LogP contribution in [0.5, 0.6) is 5.75 Å². The minimum Gasteiger partial charge on any atom is -0.496 e. The predicted molar refractivity (Wildman–Crippen MR) is 108 cm³/mol. The summed E-state index contributed by atoms with van der Waals surface area (Å²) in [4.78, 5) is 0. The van der Waals surface area contributed by atoms with E-state index in [9.17, 15) is 0 Å². The zero-order chi connectivity index (χ0) is 17.8. The maximum atomic E-state index is 5.85. The van der Waals surface area contributed by atoms with Crippen LogP contribution in [0.3, 0.4) is 0 Å². The highest BCUT2D eigenvalue weighted by atomic mass is 16.5. The molecule has 0 aliphatic heterocycles. The van der Waals surface area contributed by atoms with Gasteiger partial charge in [-0.15, -0.1) is 0 Å². The molecule has 2 aromatic carbocycles. The third-order valence-electron chi connectivity index (χ3n) is 5.89. The van der Waals surface area contributed by atoms with Gasteiger partial charge in [0.15, 0.2) is 0 Å². The molecular formula is C24H32O. The minimum atomic E-state index is 1.06. The van der Waals surface area contributed by atoms with Crippen molar-refractivity contribution in [3.63, 3.8) is 0 Å². The Kier molecular flexibility index (Phi) is 5.83. The smallest absolute Gasteiger partial charge is 0.130 e. The molecule has 0 amide bonds. The number of hydrogen-bond donors (Lipinski definition) is 0. The van der Waals surface area contributed by atoms with Crippen LogP contribution in [-0.4, -0.2) is 7.11 Å². The first-order valence-electron chi connectivity index (χ1n) is 9.96. The molecule has 0 bridgehead atoms. The molecule has 1 aliphatic rings. The molecule has 0 heterocycles. The van der Waals surface area contributed by atoms with Gasteiger partial charge in [0.25, 0.3) is 0 Å². The van der Waals surface area contributed by atoms with E-state index in [4.69, 9.17) is 4.74 Å². The van der Waals surface area contributed by atoms with Gasteiger partial charge >= 0.3 is 0 Å². The molecule has 2 aromatic rings. The van der Waals surface area contributed by atoms with Gasteiger partial charge in [-0.1, -0.05) is 63.3 Å². The minimum absolute atomic E-state index is 1.06. The molecule has 3 rings (SSSR count). The van der Waals surface area contributed by atoms with E-state index in [0.29, 0.717) is 0 Å². The molecule has 0 N–H and O–H groups in total. The maximum Gasteiger partial charge on any atom is 0.130 e. The Labute approximate surface area is 153 Å². The molecule has 0 aromatic heterocycles. The third-order valence-corrected chi connectivity index (χ3v) is 5.89. The van der Waals surface area contributed by atoms with Crippen molar-refractivity contribution in [1.29, 1.82) is 0 Å². The summed E-state index contributed by atoms with van der Waals surface area (Å²) in [5, 5.41) is 0. The number of rotatable bonds is 8. The van der Waals surface area contributed by atoms with Crippen molar-refractivity contribution in [1.82, 2.24) is 0 Å². The van der Waals surface area contributed by atoms with Gasteiger partial charge in [0, 0.05) is 5.56 Å². The number of fused-ring (bicyclic) bond motifs is 3. The summed E-state index contributed by atoms with van der Waals surface area (Å²) >= 11 is 0. The van der Waals surface area contributed by atoms with Crippen LogP contribution in [0.25, 0.3) is 11.1 Å². The Morgan fingerprint density at radius 3 is 2.40 bits per heavy atom. The Hall–Kier alpha value is -1.76. The van der Waals surface area contributed by atoms with Gasteiger partial charge in [-0.25, -0.2) is 0 Å². The van der Waals surface area contributed by atoms with E-state index >= 15 is 0 Å². The van der Waals surface area contributed by atoms with Crippen molar-refractivity contribution >= 4 is 0 Å². The zero-order valence-electron chi connectivity index (χ0n) is 16.4. The first-order valence-corrected chi connectivity index (χ1v) is 9.96. The average molecular weight is 337 g/mol. The first kappa shape index (κ1) is 18.0. The van der Waals surface area contributed by atoms with Crippen molar-refractivity contribution < 1.29 is 4.74 Å². The number of ether oxygens (including phenoxy) is 1. The second-order valence-electron chi connectivity index (χ2n) is 7.47. The fourth-order valence-corrected chi connectivity index (χ4v) is 4.36. The number of unbranched alkanes of at least 4 members (excludes halogenated alkanes) is 5. The van der Waals surface area contributed by atoms with E-state index in [1.807, 2.05) is 7.11 Å². The highest BCUT2D eigenvalue weighted by molar-refractivity contribution is 5.85. The normalized spacial score (nSPS) is 12.2. The molecule has 1 aliphatic carbocycles. The van der Waals surface area contributed by atoms with E-state index in [1.165, 1.54) is 78.3 Å². The van der Waals surface area contributed by atoms with Crippen LogP contribution in [0, 0.1) is 13.8 Å². The molecule has 1 nitrogen and oxygen atoms in total. The van der Waals surface area contributed by atoms with Crippen LogP contribution in [0.2, 0.25) is 0 Å². The molecule has 0 saturated heterocycles. The first-order chi connectivity index (χ1) is 12.2. The highest BCUT2D eigenvalue weighted by Gasteiger charge is 2.27. The summed E-state index contributed by atoms with van der Waals surface area (Å²) < 4.78 is 5.85. The Morgan fingerprint density at radius 2 is 1.64 bits per heavy atom. The second-order valence-corrected chi connectivity index (χ2v) is 7.47. The van der Waals surface area contributed by atoms with Crippen LogP contribution in [0.1, 0.15) is 73.3 Å². The lowest BCUT2D eigenvalue weighted by Crippen LogP contribution is -2.03. The van der Waals surface area contributed by atoms with E-state index < -0.39 is 0 Å². The molecule has 0 radical (unpaired) electrons. The molecule has 0 saturated carbocycles. The van der Waals surface area contributed by atoms with E-state index in [2.05, 4.69) is 45.0 Å². The second kappa shape index (κ2) is 8.08. The van der Waals surface area contributed by atoms with Crippen LogP contribution in [0.4, 0.5) is 0 Å². The Bertz CT molecular complexity index is 742. The molecule has 0 fully saturated rings. The molecule has 134 valence electrons. The van der Waals surface area contributed by atoms with Crippen molar-refractivity contribution in [2.75, 3.05) is 7.11 Å². The fraction of sp³-hybridized carbons (Fsp3) is 0.500. The topological polar surface area (TPSA) is 9.23 Å². The fourth-order valence-electron chi connectivity index (χ4n) is 4.36. The molecule has 0 atom stereocenters. The van der Waals surface area contributed by atoms with Crippen molar-refractivity contribution in [3.8, 4) is 16.9 Å². The largest absolute Gasteiger partial charge is 0.496 e. The Balaban J connectivity index is 1.89. The maximum absolute atomic E-state index is 5.85. The SMILES string of the molecule is CCCCCCCCc1c(C)c(C)c(OC)c2c1Cc1ccccc1-2. The lowest BCUT2D eigenvalue weighted by molar-refractivity contribution is 0.412. The third kappa shape index (κ3) is 3.47. The van der Waals surface area contributed by atoms with Gasteiger partial charge in [-0.05, 0) is 66.5 Å². The molecule has 0 unspecified atom stereocenters. The van der Waals surface area contributed by atoms with Gasteiger partial charge in [0.1, 0.15) is 5.75 Å². The van der Waals surface area contributed by atoms with Crippen LogP contribution in [0.15, 0.2) is 24.3 Å². The lowest BCUT2D eigenvalue weighted by Gasteiger charge is -2.20.